The number of hydrogen-bond acceptors (Lipinski definition) is 2. The molecule has 0 unspecified atom stereocenters. The van der Waals surface area contributed by atoms with Gasteiger partial charge in [-0.05, 0) is 18.1 Å². The summed E-state index contributed by atoms with van der Waals surface area (Å²) in [7, 11) is 0. The maximum absolute atomic E-state index is 12.4. The van der Waals surface area contributed by atoms with Gasteiger partial charge < -0.3 is 15.1 Å². The van der Waals surface area contributed by atoms with Gasteiger partial charge in [-0.1, -0.05) is 60.2 Å². The Balaban J connectivity index is 1.47. The van der Waals surface area contributed by atoms with Gasteiger partial charge in [-0.25, -0.2) is 4.79 Å². The van der Waals surface area contributed by atoms with Crippen LogP contribution in [0.15, 0.2) is 54.6 Å². The van der Waals surface area contributed by atoms with Crippen molar-refractivity contribution < 1.29 is 9.59 Å². The molecule has 1 fully saturated rings. The Kier molecular flexibility index (Phi) is 5.33. The highest BCUT2D eigenvalue weighted by Gasteiger charge is 2.29. The minimum Gasteiger partial charge on any atom is -0.350 e. The number of carbonyl (C=O) groups is 2. The van der Waals surface area contributed by atoms with Gasteiger partial charge in [0.15, 0.2) is 0 Å². The van der Waals surface area contributed by atoms with Crippen molar-refractivity contribution in [1.82, 2.24) is 15.1 Å². The number of benzene rings is 2. The molecule has 25 heavy (non-hydrogen) atoms. The Labute approximate surface area is 148 Å². The molecule has 2 aromatic carbocycles. The molecular formula is C20H23N3O2. The summed E-state index contributed by atoms with van der Waals surface area (Å²) in [5.74, 6) is -0.129. The third-order valence-electron chi connectivity index (χ3n) is 4.34. The van der Waals surface area contributed by atoms with E-state index >= 15 is 0 Å². The van der Waals surface area contributed by atoms with Gasteiger partial charge in [-0.3, -0.25) is 4.79 Å². The molecule has 1 N–H and O–H groups in total. The number of urea groups is 1. The smallest absolute Gasteiger partial charge is 0.320 e. The number of aryl methyl sites for hydroxylation is 1. The predicted molar refractivity (Wildman–Crippen MR) is 96.8 cm³/mol. The largest absolute Gasteiger partial charge is 0.350 e. The lowest BCUT2D eigenvalue weighted by atomic mass is 10.1. The van der Waals surface area contributed by atoms with Crippen molar-refractivity contribution in [2.24, 2.45) is 0 Å². The second kappa shape index (κ2) is 7.83. The van der Waals surface area contributed by atoms with Crippen LogP contribution < -0.4 is 5.32 Å². The average molecular weight is 337 g/mol. The molecular weight excluding hydrogens is 314 g/mol. The zero-order valence-electron chi connectivity index (χ0n) is 14.4. The van der Waals surface area contributed by atoms with Gasteiger partial charge in [0.1, 0.15) is 6.54 Å². The molecule has 5 nitrogen and oxygen atoms in total. The molecule has 0 atom stereocenters. The van der Waals surface area contributed by atoms with Crippen LogP contribution in [0.25, 0.3) is 0 Å². The molecule has 0 aromatic heterocycles. The van der Waals surface area contributed by atoms with Crippen LogP contribution in [0.3, 0.4) is 0 Å². The quantitative estimate of drug-likeness (QED) is 0.881. The monoisotopic (exact) mass is 337 g/mol. The van der Waals surface area contributed by atoms with Crippen LogP contribution in [0.2, 0.25) is 0 Å². The Morgan fingerprint density at radius 2 is 1.64 bits per heavy atom. The zero-order valence-corrected chi connectivity index (χ0v) is 14.4. The summed E-state index contributed by atoms with van der Waals surface area (Å²) >= 11 is 0. The van der Waals surface area contributed by atoms with E-state index in [1.54, 1.807) is 9.80 Å². The van der Waals surface area contributed by atoms with Gasteiger partial charge in [0, 0.05) is 26.2 Å². The highest BCUT2D eigenvalue weighted by molar-refractivity contribution is 5.85. The van der Waals surface area contributed by atoms with E-state index in [2.05, 4.69) is 5.32 Å². The van der Waals surface area contributed by atoms with Crippen molar-refractivity contribution >= 4 is 11.9 Å². The molecule has 130 valence electrons. The van der Waals surface area contributed by atoms with E-state index in [0.717, 1.165) is 11.1 Å². The van der Waals surface area contributed by atoms with Crippen molar-refractivity contribution in [2.75, 3.05) is 19.6 Å². The summed E-state index contributed by atoms with van der Waals surface area (Å²) in [6.07, 6.45) is 0. The summed E-state index contributed by atoms with van der Waals surface area (Å²) < 4.78 is 0. The topological polar surface area (TPSA) is 52.7 Å². The number of nitrogens with zero attached hydrogens (tertiary/aromatic N) is 2. The van der Waals surface area contributed by atoms with Crippen LogP contribution >= 0.6 is 0 Å². The Bertz CT molecular complexity index is 728. The molecule has 3 amide bonds. The summed E-state index contributed by atoms with van der Waals surface area (Å²) in [6.45, 7) is 4.44. The van der Waals surface area contributed by atoms with Crippen LogP contribution in [0.4, 0.5) is 4.79 Å². The van der Waals surface area contributed by atoms with E-state index in [9.17, 15) is 9.59 Å². The van der Waals surface area contributed by atoms with Gasteiger partial charge >= 0.3 is 6.03 Å². The predicted octanol–water partition coefficient (Wildman–Crippen LogP) is 2.55. The molecule has 5 heteroatoms. The molecule has 0 bridgehead atoms. The molecule has 0 aliphatic carbocycles. The fourth-order valence-corrected chi connectivity index (χ4v) is 2.87. The van der Waals surface area contributed by atoms with Gasteiger partial charge in [0.2, 0.25) is 5.91 Å². The number of carbonyl (C=O) groups excluding carboxylic acids is 2. The number of amides is 3. The van der Waals surface area contributed by atoms with Crippen LogP contribution in [0.1, 0.15) is 16.7 Å². The Hall–Kier alpha value is -2.82. The van der Waals surface area contributed by atoms with Crippen molar-refractivity contribution in [3.8, 4) is 0 Å². The minimum atomic E-state index is -0.129. The van der Waals surface area contributed by atoms with Crippen molar-refractivity contribution in [3.05, 3.63) is 71.3 Å². The molecule has 0 radical (unpaired) electrons. The van der Waals surface area contributed by atoms with Gasteiger partial charge in [-0.15, -0.1) is 0 Å². The second-order valence-electron chi connectivity index (χ2n) is 6.37. The molecule has 1 saturated heterocycles. The molecule has 1 aliphatic rings. The lowest BCUT2D eigenvalue weighted by molar-refractivity contribution is -0.121. The first kappa shape index (κ1) is 17.0. The molecule has 1 aliphatic heterocycles. The summed E-state index contributed by atoms with van der Waals surface area (Å²) in [5.41, 5.74) is 3.34. The van der Waals surface area contributed by atoms with Gasteiger partial charge in [0.25, 0.3) is 0 Å². The second-order valence-corrected chi connectivity index (χ2v) is 6.37. The lowest BCUT2D eigenvalue weighted by Crippen LogP contribution is -2.39. The standard InChI is InChI=1S/C20H23N3O2/c1-16-7-9-17(10-8-16)13-21-19(24)15-23-12-11-22(20(23)25)14-18-5-3-2-4-6-18/h2-10H,11-15H2,1H3,(H,21,24). The number of rotatable bonds is 6. The lowest BCUT2D eigenvalue weighted by Gasteiger charge is -2.18. The van der Waals surface area contributed by atoms with E-state index in [1.165, 1.54) is 5.56 Å². The fraction of sp³-hybridized carbons (Fsp3) is 0.300. The van der Waals surface area contributed by atoms with E-state index in [0.29, 0.717) is 26.2 Å². The van der Waals surface area contributed by atoms with Crippen LogP contribution in [0, 0.1) is 6.92 Å². The number of nitrogens with one attached hydrogen (secondary N) is 1. The van der Waals surface area contributed by atoms with Crippen molar-refractivity contribution in [3.63, 3.8) is 0 Å². The van der Waals surface area contributed by atoms with Gasteiger partial charge in [-0.2, -0.15) is 0 Å². The van der Waals surface area contributed by atoms with Crippen LogP contribution in [0.5, 0.6) is 0 Å². The molecule has 0 spiro atoms. The minimum absolute atomic E-state index is 0.0747. The van der Waals surface area contributed by atoms with Gasteiger partial charge in [0.05, 0.1) is 0 Å². The van der Waals surface area contributed by atoms with Crippen molar-refractivity contribution in [2.45, 2.75) is 20.0 Å². The third-order valence-corrected chi connectivity index (χ3v) is 4.34. The SMILES string of the molecule is Cc1ccc(CNC(=O)CN2CCN(Cc3ccccc3)C2=O)cc1. The molecule has 1 heterocycles. The summed E-state index contributed by atoms with van der Waals surface area (Å²) in [4.78, 5) is 27.9. The first-order chi connectivity index (χ1) is 12.1. The maximum atomic E-state index is 12.4. The fourth-order valence-electron chi connectivity index (χ4n) is 2.87. The van der Waals surface area contributed by atoms with Crippen molar-refractivity contribution in [1.29, 1.82) is 0 Å². The van der Waals surface area contributed by atoms with E-state index in [-0.39, 0.29) is 18.5 Å². The third kappa shape index (κ3) is 4.59. The van der Waals surface area contributed by atoms with Crippen LogP contribution in [-0.2, 0) is 17.9 Å². The van der Waals surface area contributed by atoms with E-state index < -0.39 is 0 Å². The Morgan fingerprint density at radius 1 is 0.960 bits per heavy atom. The zero-order chi connectivity index (χ0) is 17.6. The highest BCUT2D eigenvalue weighted by atomic mass is 16.2. The molecule has 2 aromatic rings. The average Bonchev–Trinajstić information content (AvgIpc) is 2.95. The van der Waals surface area contributed by atoms with E-state index in [1.807, 2.05) is 61.5 Å². The molecule has 0 saturated carbocycles. The van der Waals surface area contributed by atoms with E-state index in [4.69, 9.17) is 0 Å². The Morgan fingerprint density at radius 3 is 2.36 bits per heavy atom. The first-order valence-corrected chi connectivity index (χ1v) is 8.52. The summed E-state index contributed by atoms with van der Waals surface area (Å²) in [5, 5.41) is 2.88. The molecule has 3 rings (SSSR count). The highest BCUT2D eigenvalue weighted by Crippen LogP contribution is 2.13. The normalized spacial score (nSPS) is 14.0. The first-order valence-electron chi connectivity index (χ1n) is 8.52. The summed E-state index contributed by atoms with van der Waals surface area (Å²) in [6, 6.07) is 17.9. The maximum Gasteiger partial charge on any atom is 0.320 e. The number of hydrogen-bond donors (Lipinski definition) is 1. The van der Waals surface area contributed by atoms with Crippen LogP contribution in [-0.4, -0.2) is 41.4 Å².